The van der Waals surface area contributed by atoms with Crippen LogP contribution in [0.4, 0.5) is 0 Å². The SMILES string of the molecule is c1ccc(-c2cccc(-c3ccc(-c4ccccc4)cc3-n3c4ccccc4c4c3ccc3c5ccccc5n(-c5nc(-c6ccccc6)nc(-c6ccccc6)n5)c34)c2)cc1. The zero-order valence-electron chi connectivity index (χ0n) is 33.6. The summed E-state index contributed by atoms with van der Waals surface area (Å²) in [7, 11) is 0. The van der Waals surface area contributed by atoms with Gasteiger partial charge in [0.2, 0.25) is 5.95 Å². The van der Waals surface area contributed by atoms with Crippen LogP contribution in [0.25, 0.3) is 111 Å². The Morgan fingerprint density at radius 3 is 1.42 bits per heavy atom. The number of rotatable bonds is 7. The summed E-state index contributed by atoms with van der Waals surface area (Å²) in [5.41, 5.74) is 14.2. The van der Waals surface area contributed by atoms with Gasteiger partial charge in [-0.25, -0.2) is 4.98 Å². The van der Waals surface area contributed by atoms with E-state index in [1.165, 1.54) is 16.7 Å². The van der Waals surface area contributed by atoms with E-state index in [-0.39, 0.29) is 0 Å². The highest BCUT2D eigenvalue weighted by atomic mass is 15.2. The molecule has 0 fully saturated rings. The van der Waals surface area contributed by atoms with Gasteiger partial charge in [-0.2, -0.15) is 9.97 Å². The Hall–Kier alpha value is -8.41. The normalized spacial score (nSPS) is 11.5. The molecule has 12 aromatic rings. The van der Waals surface area contributed by atoms with Crippen LogP contribution in [0.3, 0.4) is 0 Å². The first-order valence-corrected chi connectivity index (χ1v) is 21.0. The van der Waals surface area contributed by atoms with Crippen molar-refractivity contribution < 1.29 is 0 Å². The number of nitrogens with zero attached hydrogens (tertiary/aromatic N) is 5. The van der Waals surface area contributed by atoms with Gasteiger partial charge >= 0.3 is 0 Å². The van der Waals surface area contributed by atoms with Gasteiger partial charge in [0.1, 0.15) is 0 Å². The monoisotopic (exact) mass is 791 g/mol. The van der Waals surface area contributed by atoms with Crippen LogP contribution in [-0.4, -0.2) is 24.1 Å². The maximum Gasteiger partial charge on any atom is 0.238 e. The van der Waals surface area contributed by atoms with E-state index in [0.29, 0.717) is 17.6 Å². The van der Waals surface area contributed by atoms with Crippen LogP contribution in [-0.2, 0) is 0 Å². The molecule has 0 spiro atoms. The molecule has 0 saturated heterocycles. The number of para-hydroxylation sites is 2. The minimum absolute atomic E-state index is 0.567. The van der Waals surface area contributed by atoms with Gasteiger partial charge in [-0.3, -0.25) is 4.57 Å². The average Bonchev–Trinajstić information content (AvgIpc) is 3.88. The van der Waals surface area contributed by atoms with Gasteiger partial charge in [0.25, 0.3) is 0 Å². The maximum absolute atomic E-state index is 5.29. The summed E-state index contributed by atoms with van der Waals surface area (Å²) in [6.07, 6.45) is 0. The molecule has 3 heterocycles. The molecule has 0 aliphatic rings. The minimum Gasteiger partial charge on any atom is -0.309 e. The van der Waals surface area contributed by atoms with Gasteiger partial charge in [0.05, 0.1) is 27.8 Å². The molecule has 0 N–H and O–H groups in total. The quantitative estimate of drug-likeness (QED) is 0.162. The molecule has 12 rings (SSSR count). The molecule has 62 heavy (non-hydrogen) atoms. The number of hydrogen-bond donors (Lipinski definition) is 0. The van der Waals surface area contributed by atoms with Crippen LogP contribution >= 0.6 is 0 Å². The first-order valence-electron chi connectivity index (χ1n) is 21.0. The molecule has 0 unspecified atom stereocenters. The maximum atomic E-state index is 5.29. The topological polar surface area (TPSA) is 48.5 Å². The predicted octanol–water partition coefficient (Wildman–Crippen LogP) is 14.4. The number of aromatic nitrogens is 5. The van der Waals surface area contributed by atoms with E-state index in [0.717, 1.165) is 77.1 Å². The fourth-order valence-electron chi connectivity index (χ4n) is 9.14. The number of benzene rings is 9. The fraction of sp³-hybridized carbons (Fsp3) is 0. The highest BCUT2D eigenvalue weighted by Crippen LogP contribution is 2.44. The van der Waals surface area contributed by atoms with Gasteiger partial charge in [-0.05, 0) is 58.1 Å². The smallest absolute Gasteiger partial charge is 0.238 e. The molecule has 0 bridgehead atoms. The van der Waals surface area contributed by atoms with Crippen LogP contribution in [0.15, 0.2) is 224 Å². The van der Waals surface area contributed by atoms with Gasteiger partial charge < -0.3 is 4.57 Å². The lowest BCUT2D eigenvalue weighted by Gasteiger charge is -2.17. The Labute approximate surface area is 358 Å². The molecule has 5 nitrogen and oxygen atoms in total. The van der Waals surface area contributed by atoms with Crippen molar-refractivity contribution in [1.82, 2.24) is 24.1 Å². The van der Waals surface area contributed by atoms with Crippen LogP contribution in [0.1, 0.15) is 0 Å². The van der Waals surface area contributed by atoms with Crippen molar-refractivity contribution in [2.24, 2.45) is 0 Å². The Kier molecular flexibility index (Phi) is 8.42. The van der Waals surface area contributed by atoms with E-state index in [2.05, 4.69) is 197 Å². The van der Waals surface area contributed by atoms with Gasteiger partial charge in [-0.15, -0.1) is 0 Å². The summed E-state index contributed by atoms with van der Waals surface area (Å²) < 4.78 is 4.72. The van der Waals surface area contributed by atoms with Gasteiger partial charge in [0.15, 0.2) is 11.6 Å². The molecule has 290 valence electrons. The number of hydrogen-bond acceptors (Lipinski definition) is 3. The lowest BCUT2D eigenvalue weighted by Crippen LogP contribution is -2.06. The molecule has 0 aliphatic carbocycles. The zero-order valence-corrected chi connectivity index (χ0v) is 33.6. The van der Waals surface area contributed by atoms with E-state index >= 15 is 0 Å². The van der Waals surface area contributed by atoms with Crippen molar-refractivity contribution in [2.75, 3.05) is 0 Å². The Balaban J connectivity index is 1.18. The highest BCUT2D eigenvalue weighted by molar-refractivity contribution is 6.26. The Bertz CT molecular complexity index is 3550. The second-order valence-corrected chi connectivity index (χ2v) is 15.6. The third kappa shape index (κ3) is 5.90. The van der Waals surface area contributed by atoms with Gasteiger partial charge in [-0.1, -0.05) is 194 Å². The Morgan fingerprint density at radius 1 is 0.290 bits per heavy atom. The molecule has 9 aromatic carbocycles. The molecular weight excluding hydrogens is 755 g/mol. The standard InChI is InChI=1S/C57H37N5/c1-5-18-38(19-6-1)42-26-17-27-44(36-42)45-33-32-43(39-20-7-2-8-21-39)37-52(45)61-50-31-16-14-29-48(50)53-51(61)35-34-47-46-28-13-15-30-49(46)62(54(47)53)57-59-55(40-22-9-3-10-23-40)58-56(60-57)41-24-11-4-12-25-41/h1-37H. The molecule has 0 saturated carbocycles. The molecule has 0 amide bonds. The van der Waals surface area contributed by atoms with Gasteiger partial charge in [0, 0.05) is 38.2 Å². The average molecular weight is 792 g/mol. The third-order valence-corrected chi connectivity index (χ3v) is 12.0. The van der Waals surface area contributed by atoms with E-state index < -0.39 is 0 Å². The van der Waals surface area contributed by atoms with Crippen LogP contribution in [0.5, 0.6) is 0 Å². The van der Waals surface area contributed by atoms with Crippen LogP contribution < -0.4 is 0 Å². The number of fused-ring (bicyclic) bond motifs is 7. The van der Waals surface area contributed by atoms with E-state index in [1.807, 2.05) is 36.4 Å². The lowest BCUT2D eigenvalue weighted by molar-refractivity contribution is 0.955. The lowest BCUT2D eigenvalue weighted by atomic mass is 9.95. The van der Waals surface area contributed by atoms with E-state index in [9.17, 15) is 0 Å². The van der Waals surface area contributed by atoms with E-state index in [1.54, 1.807) is 0 Å². The molecular formula is C57H37N5. The van der Waals surface area contributed by atoms with Crippen molar-refractivity contribution in [3.63, 3.8) is 0 Å². The van der Waals surface area contributed by atoms with Crippen LogP contribution in [0, 0.1) is 0 Å². The molecule has 0 atom stereocenters. The zero-order chi connectivity index (χ0) is 41.0. The summed E-state index contributed by atoms with van der Waals surface area (Å²) in [4.78, 5) is 15.6. The molecule has 5 heteroatoms. The third-order valence-electron chi connectivity index (χ3n) is 12.0. The van der Waals surface area contributed by atoms with E-state index in [4.69, 9.17) is 15.0 Å². The minimum atomic E-state index is 0.567. The van der Waals surface area contributed by atoms with Crippen molar-refractivity contribution in [1.29, 1.82) is 0 Å². The highest BCUT2D eigenvalue weighted by Gasteiger charge is 2.24. The van der Waals surface area contributed by atoms with Crippen LogP contribution in [0.2, 0.25) is 0 Å². The summed E-state index contributed by atoms with van der Waals surface area (Å²) in [5, 5.41) is 4.54. The van der Waals surface area contributed by atoms with Crippen molar-refractivity contribution in [2.45, 2.75) is 0 Å². The molecule has 0 aliphatic heterocycles. The second kappa shape index (κ2) is 14.7. The summed E-state index contributed by atoms with van der Waals surface area (Å²) in [6.45, 7) is 0. The fourth-order valence-corrected chi connectivity index (χ4v) is 9.14. The Morgan fingerprint density at radius 2 is 0.790 bits per heavy atom. The van der Waals surface area contributed by atoms with Crippen molar-refractivity contribution in [3.05, 3.63) is 224 Å². The largest absolute Gasteiger partial charge is 0.309 e. The summed E-state index contributed by atoms with van der Waals surface area (Å²) >= 11 is 0. The first kappa shape index (κ1) is 35.5. The second-order valence-electron chi connectivity index (χ2n) is 15.6. The summed E-state index contributed by atoms with van der Waals surface area (Å²) in [5.74, 6) is 1.81. The summed E-state index contributed by atoms with van der Waals surface area (Å²) in [6, 6.07) is 79.4. The van der Waals surface area contributed by atoms with Crippen molar-refractivity contribution in [3.8, 4) is 67.8 Å². The van der Waals surface area contributed by atoms with Crippen molar-refractivity contribution >= 4 is 43.6 Å². The predicted molar refractivity (Wildman–Crippen MR) is 256 cm³/mol. The molecule has 3 aromatic heterocycles. The first-order chi connectivity index (χ1) is 30.8. The molecule has 0 radical (unpaired) electrons.